The van der Waals surface area contributed by atoms with Gasteiger partial charge in [-0.05, 0) is 38.0 Å². The summed E-state index contributed by atoms with van der Waals surface area (Å²) in [5, 5.41) is 16.7. The van der Waals surface area contributed by atoms with Crippen molar-refractivity contribution < 1.29 is 9.72 Å². The number of carbonyl (C=O) groups is 1. The Morgan fingerprint density at radius 1 is 1.25 bits per heavy atom. The molecule has 0 spiro atoms. The lowest BCUT2D eigenvalue weighted by atomic mass is 10.1. The van der Waals surface area contributed by atoms with Gasteiger partial charge in [0.1, 0.15) is 0 Å². The van der Waals surface area contributed by atoms with E-state index >= 15 is 0 Å². The highest BCUT2D eigenvalue weighted by Gasteiger charge is 2.28. The average molecular weight is 438 g/mol. The van der Waals surface area contributed by atoms with Gasteiger partial charge in [0, 0.05) is 49.1 Å². The third kappa shape index (κ3) is 4.22. The number of benzene rings is 1. The summed E-state index contributed by atoms with van der Waals surface area (Å²) in [6.45, 7) is 2.71. The van der Waals surface area contributed by atoms with Crippen molar-refractivity contribution >= 4 is 28.3 Å². The molecule has 32 heavy (non-hydrogen) atoms. The van der Waals surface area contributed by atoms with Gasteiger partial charge in [-0.2, -0.15) is 0 Å². The minimum atomic E-state index is -0.640. The number of carbonyl (C=O) groups excluding carboxylic acids is 1. The molecule has 0 bridgehead atoms. The third-order valence-electron chi connectivity index (χ3n) is 5.34. The molecule has 0 aliphatic heterocycles. The van der Waals surface area contributed by atoms with Crippen LogP contribution in [0.3, 0.4) is 0 Å². The Balaban J connectivity index is 1.53. The molecule has 0 radical (unpaired) electrons. The maximum Gasteiger partial charge on any atom is 0.329 e. The van der Waals surface area contributed by atoms with Crippen molar-refractivity contribution in [2.45, 2.75) is 32.2 Å². The van der Waals surface area contributed by atoms with Crippen molar-refractivity contribution in [3.63, 3.8) is 0 Å². The number of nitrogens with zero attached hydrogens (tertiary/aromatic N) is 3. The molecule has 0 atom stereocenters. The summed E-state index contributed by atoms with van der Waals surface area (Å²) >= 11 is 0. The zero-order valence-electron chi connectivity index (χ0n) is 17.4. The first-order valence-electron chi connectivity index (χ1n) is 10.3. The van der Waals surface area contributed by atoms with E-state index in [1.54, 1.807) is 25.1 Å². The molecule has 166 valence electrons. The van der Waals surface area contributed by atoms with Gasteiger partial charge in [-0.25, -0.2) is 9.78 Å². The first-order chi connectivity index (χ1) is 15.4. The number of fused-ring (bicyclic) bond motifs is 1. The highest BCUT2D eigenvalue weighted by atomic mass is 16.6. The number of nitro benzene ring substituents is 1. The first-order valence-corrected chi connectivity index (χ1v) is 10.3. The van der Waals surface area contributed by atoms with Crippen molar-refractivity contribution in [3.8, 4) is 0 Å². The van der Waals surface area contributed by atoms with E-state index in [1.807, 2.05) is 0 Å². The Morgan fingerprint density at radius 3 is 2.59 bits per heavy atom. The second-order valence-corrected chi connectivity index (χ2v) is 7.56. The summed E-state index contributed by atoms with van der Waals surface area (Å²) < 4.78 is 1.36. The van der Waals surface area contributed by atoms with Gasteiger partial charge in [0.25, 0.3) is 17.2 Å². The number of rotatable bonds is 8. The zero-order chi connectivity index (χ0) is 22.8. The fourth-order valence-corrected chi connectivity index (χ4v) is 3.53. The van der Waals surface area contributed by atoms with Gasteiger partial charge in [0.2, 0.25) is 0 Å². The molecule has 1 aliphatic carbocycles. The van der Waals surface area contributed by atoms with Crippen LogP contribution in [0.2, 0.25) is 0 Å². The van der Waals surface area contributed by atoms with Crippen LogP contribution in [-0.2, 0) is 6.54 Å². The average Bonchev–Trinajstić information content (AvgIpc) is 3.62. The van der Waals surface area contributed by atoms with Crippen molar-refractivity contribution in [2.24, 2.45) is 0 Å². The number of nitro groups is 1. The van der Waals surface area contributed by atoms with E-state index < -0.39 is 22.1 Å². The predicted octanol–water partition coefficient (Wildman–Crippen LogP) is 1.73. The molecule has 1 saturated carbocycles. The Bertz CT molecular complexity index is 1310. The maximum absolute atomic E-state index is 12.9. The largest absolute Gasteiger partial charge is 0.383 e. The van der Waals surface area contributed by atoms with E-state index in [9.17, 15) is 24.5 Å². The molecule has 1 amide bonds. The molecular weight excluding hydrogens is 416 g/mol. The lowest BCUT2D eigenvalue weighted by Crippen LogP contribution is -2.34. The molecule has 2 heterocycles. The molecule has 2 aromatic heterocycles. The van der Waals surface area contributed by atoms with E-state index in [4.69, 9.17) is 0 Å². The number of hydrogen-bond acceptors (Lipinski definition) is 7. The Hall–Kier alpha value is -4.02. The molecule has 11 nitrogen and oxygen atoms in total. The number of hydrogen-bond donors (Lipinski definition) is 3. The number of amides is 1. The van der Waals surface area contributed by atoms with Crippen LogP contribution < -0.4 is 21.9 Å². The fraction of sp³-hybridized carbons (Fsp3) is 0.333. The summed E-state index contributed by atoms with van der Waals surface area (Å²) in [6.07, 6.45) is 1.91. The lowest BCUT2D eigenvalue weighted by molar-refractivity contribution is -0.384. The highest BCUT2D eigenvalue weighted by molar-refractivity contribution is 6.05. The van der Waals surface area contributed by atoms with Crippen LogP contribution in [0.5, 0.6) is 0 Å². The van der Waals surface area contributed by atoms with E-state index in [2.05, 4.69) is 20.6 Å². The van der Waals surface area contributed by atoms with Crippen LogP contribution in [0.4, 0.5) is 11.4 Å². The number of aromatic amines is 1. The highest BCUT2D eigenvalue weighted by Crippen LogP contribution is 2.39. The monoisotopic (exact) mass is 438 g/mol. The van der Waals surface area contributed by atoms with Crippen LogP contribution in [0.25, 0.3) is 11.0 Å². The van der Waals surface area contributed by atoms with Crippen molar-refractivity contribution in [3.05, 3.63) is 72.5 Å². The maximum atomic E-state index is 12.9. The number of non-ortho nitro benzene ring substituents is 1. The molecule has 1 fully saturated rings. The summed E-state index contributed by atoms with van der Waals surface area (Å²) in [5.41, 5.74) is 0.603. The second kappa shape index (κ2) is 8.61. The van der Waals surface area contributed by atoms with Crippen LogP contribution in [0.1, 0.15) is 41.7 Å². The normalized spacial score (nSPS) is 13.2. The molecule has 3 N–H and O–H groups in total. The van der Waals surface area contributed by atoms with E-state index in [0.29, 0.717) is 24.5 Å². The summed E-state index contributed by atoms with van der Waals surface area (Å²) in [5.74, 6) is -0.203. The van der Waals surface area contributed by atoms with Crippen molar-refractivity contribution in [1.82, 2.24) is 19.9 Å². The topological polar surface area (TPSA) is 152 Å². The zero-order valence-corrected chi connectivity index (χ0v) is 17.4. The molecule has 3 aromatic rings. The SMILES string of the molecule is CCn1c(=O)[nH]c(=O)c2c(C(=O)NCCNc3ccc([N+](=O)[O-])cc3)cc(C3CC3)nc21. The van der Waals surface area contributed by atoms with Gasteiger partial charge in [-0.3, -0.25) is 29.3 Å². The van der Waals surface area contributed by atoms with Crippen LogP contribution in [0.15, 0.2) is 39.9 Å². The molecule has 0 saturated heterocycles. The molecular formula is C21H22N6O5. The summed E-state index contributed by atoms with van der Waals surface area (Å²) in [7, 11) is 0. The van der Waals surface area contributed by atoms with Gasteiger partial charge in [0.15, 0.2) is 5.65 Å². The standard InChI is InChI=1S/C21H22N6O5/c1-2-26-18-17(20(29)25-21(26)30)15(11-16(24-18)12-3-4-12)19(28)23-10-9-22-13-5-7-14(8-6-13)27(31)32/h5-8,11-12,22H,2-4,9-10H2,1H3,(H,23,28)(H,25,29,30). The smallest absolute Gasteiger partial charge is 0.329 e. The van der Waals surface area contributed by atoms with Crippen molar-refractivity contribution in [1.29, 1.82) is 0 Å². The number of aryl methyl sites for hydroxylation is 1. The van der Waals surface area contributed by atoms with Gasteiger partial charge >= 0.3 is 5.69 Å². The Labute approximate surface area is 181 Å². The number of aromatic nitrogens is 3. The number of H-pyrrole nitrogens is 1. The first kappa shape index (κ1) is 21.2. The van der Waals surface area contributed by atoms with Gasteiger partial charge in [0.05, 0.1) is 15.9 Å². The second-order valence-electron chi connectivity index (χ2n) is 7.56. The number of nitrogens with one attached hydrogen (secondary N) is 3. The fourth-order valence-electron chi connectivity index (χ4n) is 3.53. The van der Waals surface area contributed by atoms with Crippen LogP contribution in [0, 0.1) is 10.1 Å². The molecule has 11 heteroatoms. The minimum absolute atomic E-state index is 0.00402. The minimum Gasteiger partial charge on any atom is -0.383 e. The summed E-state index contributed by atoms with van der Waals surface area (Å²) in [4.78, 5) is 54.7. The van der Waals surface area contributed by atoms with E-state index in [0.717, 1.165) is 12.8 Å². The molecule has 0 unspecified atom stereocenters. The predicted molar refractivity (Wildman–Crippen MR) is 118 cm³/mol. The number of pyridine rings is 1. The molecule has 1 aliphatic rings. The Kier molecular flexibility index (Phi) is 5.71. The van der Waals surface area contributed by atoms with E-state index in [1.165, 1.54) is 16.7 Å². The molecule has 4 rings (SSSR count). The lowest BCUT2D eigenvalue weighted by Gasteiger charge is -2.13. The van der Waals surface area contributed by atoms with Gasteiger partial charge in [-0.1, -0.05) is 0 Å². The quantitative estimate of drug-likeness (QED) is 0.275. The summed E-state index contributed by atoms with van der Waals surface area (Å²) in [6, 6.07) is 7.59. The molecule has 1 aromatic carbocycles. The van der Waals surface area contributed by atoms with Crippen LogP contribution in [-0.4, -0.2) is 38.5 Å². The third-order valence-corrected chi connectivity index (χ3v) is 5.34. The van der Waals surface area contributed by atoms with Crippen LogP contribution >= 0.6 is 0 Å². The Morgan fingerprint density at radius 2 is 1.97 bits per heavy atom. The van der Waals surface area contributed by atoms with Gasteiger partial charge in [-0.15, -0.1) is 0 Å². The van der Waals surface area contributed by atoms with E-state index in [-0.39, 0.29) is 34.7 Å². The van der Waals surface area contributed by atoms with Gasteiger partial charge < -0.3 is 10.6 Å². The number of anilines is 1. The van der Waals surface area contributed by atoms with Crippen molar-refractivity contribution in [2.75, 3.05) is 18.4 Å².